The van der Waals surface area contributed by atoms with E-state index < -0.39 is 0 Å². The first kappa shape index (κ1) is 23.3. The van der Waals surface area contributed by atoms with E-state index in [1.165, 1.54) is 0 Å². The molecule has 1 aliphatic rings. The zero-order valence-electron chi connectivity index (χ0n) is 19.3. The normalized spacial score (nSPS) is 15.0. The second-order valence-electron chi connectivity index (χ2n) is 7.51. The zero-order chi connectivity index (χ0) is 24.5. The van der Waals surface area contributed by atoms with Crippen molar-refractivity contribution in [2.45, 2.75) is 6.92 Å². The topological polar surface area (TPSA) is 88.6 Å². The average Bonchev–Trinajstić information content (AvgIpc) is 3.24. The minimum Gasteiger partial charge on any atom is -0.281 e. The van der Waals surface area contributed by atoms with Crippen LogP contribution >= 0.6 is 0 Å². The fraction of sp³-hybridized carbons (Fsp3) is 0.0357. The quantitative estimate of drug-likeness (QED) is 0.209. The lowest BCUT2D eigenvalue weighted by atomic mass is 10.1. The Labute approximate surface area is 204 Å². The molecule has 3 aromatic rings. The van der Waals surface area contributed by atoms with E-state index in [0.29, 0.717) is 17.0 Å². The summed E-state index contributed by atoms with van der Waals surface area (Å²) >= 11 is 0. The zero-order valence-corrected chi connectivity index (χ0v) is 19.3. The lowest BCUT2D eigenvalue weighted by Gasteiger charge is -2.13. The predicted octanol–water partition coefficient (Wildman–Crippen LogP) is 7.41. The van der Waals surface area contributed by atoms with Crippen LogP contribution in [-0.4, -0.2) is 17.3 Å². The van der Waals surface area contributed by atoms with Crippen LogP contribution in [0.3, 0.4) is 0 Å². The fourth-order valence-electron chi connectivity index (χ4n) is 3.18. The van der Waals surface area contributed by atoms with E-state index in [4.69, 9.17) is 5.41 Å². The maximum absolute atomic E-state index is 8.71. The Balaban J connectivity index is 1.54. The summed E-state index contributed by atoms with van der Waals surface area (Å²) in [5.41, 5.74) is 7.65. The number of para-hydroxylation sites is 1. The van der Waals surface area contributed by atoms with Crippen molar-refractivity contribution in [3.05, 3.63) is 121 Å². The molecule has 1 aliphatic heterocycles. The van der Waals surface area contributed by atoms with Crippen LogP contribution in [0.4, 0.5) is 22.7 Å². The van der Waals surface area contributed by atoms with Crippen LogP contribution < -0.4 is 10.4 Å². The van der Waals surface area contributed by atoms with E-state index in [1.807, 2.05) is 116 Å². The first-order valence-electron chi connectivity index (χ1n) is 11.1. The highest BCUT2D eigenvalue weighted by atomic mass is 15.5. The number of anilines is 2. The molecule has 0 bridgehead atoms. The van der Waals surface area contributed by atoms with Gasteiger partial charge in [0.25, 0.3) is 0 Å². The number of nitrogens with zero attached hydrogens (tertiary/aromatic N) is 5. The highest BCUT2D eigenvalue weighted by molar-refractivity contribution is 6.75. The van der Waals surface area contributed by atoms with Gasteiger partial charge in [-0.3, -0.25) is 10.8 Å². The molecular formula is C28H25N7. The molecule has 0 fully saturated rings. The van der Waals surface area contributed by atoms with Crippen LogP contribution in [0.15, 0.2) is 142 Å². The van der Waals surface area contributed by atoms with E-state index >= 15 is 0 Å². The van der Waals surface area contributed by atoms with Gasteiger partial charge in [-0.1, -0.05) is 67.3 Å². The third kappa shape index (κ3) is 5.91. The molecule has 0 saturated heterocycles. The summed E-state index contributed by atoms with van der Waals surface area (Å²) in [5, 5.41) is 27.9. The Bertz CT molecular complexity index is 1330. The summed E-state index contributed by atoms with van der Waals surface area (Å²) in [6, 6.07) is 26.5. The molecule has 2 N–H and O–H groups in total. The highest BCUT2D eigenvalue weighted by Gasteiger charge is 2.30. The summed E-state index contributed by atoms with van der Waals surface area (Å²) in [5.74, 6) is 0.160. The van der Waals surface area contributed by atoms with Gasteiger partial charge in [-0.05, 0) is 61.0 Å². The molecule has 0 atom stereocenters. The largest absolute Gasteiger partial charge is 0.281 e. The van der Waals surface area contributed by atoms with Crippen molar-refractivity contribution in [2.24, 2.45) is 20.4 Å². The maximum atomic E-state index is 8.71. The first-order valence-corrected chi connectivity index (χ1v) is 11.1. The molecule has 0 aromatic heterocycles. The monoisotopic (exact) mass is 459 g/mol. The lowest BCUT2D eigenvalue weighted by Crippen LogP contribution is -2.28. The summed E-state index contributed by atoms with van der Waals surface area (Å²) in [4.78, 5) is 0. The summed E-state index contributed by atoms with van der Waals surface area (Å²) in [7, 11) is 0. The van der Waals surface area contributed by atoms with Gasteiger partial charge in [-0.15, -0.1) is 0 Å². The van der Waals surface area contributed by atoms with Gasteiger partial charge in [0.15, 0.2) is 11.5 Å². The summed E-state index contributed by atoms with van der Waals surface area (Å²) in [6.45, 7) is 6.07. The van der Waals surface area contributed by atoms with E-state index in [0.717, 1.165) is 22.7 Å². The van der Waals surface area contributed by atoms with E-state index in [2.05, 4.69) is 32.4 Å². The molecular weight excluding hydrogens is 434 g/mol. The molecule has 35 heavy (non-hydrogen) atoms. The molecule has 0 aliphatic carbocycles. The minimum absolute atomic E-state index is 0.160. The van der Waals surface area contributed by atoms with Gasteiger partial charge >= 0.3 is 0 Å². The number of hydrazone groups is 2. The summed E-state index contributed by atoms with van der Waals surface area (Å²) < 4.78 is 0. The highest BCUT2D eigenvalue weighted by Crippen LogP contribution is 2.23. The second kappa shape index (κ2) is 11.3. The fourth-order valence-corrected chi connectivity index (χ4v) is 3.18. The molecule has 0 amide bonds. The Morgan fingerprint density at radius 1 is 0.886 bits per heavy atom. The van der Waals surface area contributed by atoms with Gasteiger partial charge in [0.2, 0.25) is 0 Å². The predicted molar refractivity (Wildman–Crippen MR) is 145 cm³/mol. The molecule has 0 spiro atoms. The SMILES string of the molecule is C=C(C=CC=CC)C1=NN(c2ccccc2)C(=N)/C1=N\Nc1ccc(/N=N/c2ccccc2)cc1. The first-order chi connectivity index (χ1) is 17.2. The Morgan fingerprint density at radius 3 is 2.17 bits per heavy atom. The van der Waals surface area contributed by atoms with Crippen LogP contribution in [0.25, 0.3) is 0 Å². The van der Waals surface area contributed by atoms with Gasteiger partial charge in [0.1, 0.15) is 5.71 Å². The van der Waals surface area contributed by atoms with Crippen molar-refractivity contribution >= 4 is 40.0 Å². The van der Waals surface area contributed by atoms with Crippen molar-refractivity contribution < 1.29 is 0 Å². The van der Waals surface area contributed by atoms with Crippen LogP contribution in [0.5, 0.6) is 0 Å². The maximum Gasteiger partial charge on any atom is 0.176 e. The molecule has 7 nitrogen and oxygen atoms in total. The molecule has 3 aromatic carbocycles. The van der Waals surface area contributed by atoms with Gasteiger partial charge in [0, 0.05) is 0 Å². The van der Waals surface area contributed by atoms with Crippen molar-refractivity contribution in [2.75, 3.05) is 10.4 Å². The third-order valence-electron chi connectivity index (χ3n) is 4.97. The third-order valence-corrected chi connectivity index (χ3v) is 4.97. The van der Waals surface area contributed by atoms with Gasteiger partial charge in [0.05, 0.1) is 22.7 Å². The van der Waals surface area contributed by atoms with Gasteiger partial charge in [-0.25, -0.2) is 5.01 Å². The van der Waals surface area contributed by atoms with Gasteiger partial charge < -0.3 is 0 Å². The average molecular weight is 460 g/mol. The van der Waals surface area contributed by atoms with Crippen molar-refractivity contribution in [3.8, 4) is 0 Å². The number of nitrogens with one attached hydrogen (secondary N) is 2. The number of amidine groups is 1. The Hall–Kier alpha value is -4.91. The number of hydrogen-bond donors (Lipinski definition) is 2. The second-order valence-corrected chi connectivity index (χ2v) is 7.51. The molecule has 1 heterocycles. The number of rotatable bonds is 8. The van der Waals surface area contributed by atoms with Crippen molar-refractivity contribution in [1.82, 2.24) is 0 Å². The molecule has 172 valence electrons. The summed E-state index contributed by atoms with van der Waals surface area (Å²) in [6.07, 6.45) is 7.57. The molecule has 7 heteroatoms. The molecule has 0 saturated carbocycles. The molecule has 0 unspecified atom stereocenters. The van der Waals surface area contributed by atoms with Crippen LogP contribution in [0, 0.1) is 5.41 Å². The number of hydrogen-bond acceptors (Lipinski definition) is 6. The van der Waals surface area contributed by atoms with Crippen LogP contribution in [-0.2, 0) is 0 Å². The van der Waals surface area contributed by atoms with Gasteiger partial charge in [-0.2, -0.15) is 20.4 Å². The van der Waals surface area contributed by atoms with Crippen molar-refractivity contribution in [1.29, 1.82) is 5.41 Å². The number of benzene rings is 3. The van der Waals surface area contributed by atoms with Crippen molar-refractivity contribution in [3.63, 3.8) is 0 Å². The van der Waals surface area contributed by atoms with E-state index in [1.54, 1.807) is 5.01 Å². The Kier molecular flexibility index (Phi) is 7.50. The standard InChI is InChI=1S/C28H25N7/c1-3-4-7-12-21(2)26-27(28(29)35(34-26)25-15-10-6-11-16-25)33-32-24-19-17-23(18-20-24)31-30-22-13-8-5-9-14-22/h3-20,29,32H,2H2,1H3/b4-3?,12-7?,29-28?,31-30+,33-27-. The molecule has 4 rings (SSSR count). The Morgan fingerprint density at radius 2 is 1.51 bits per heavy atom. The van der Waals surface area contributed by atoms with Crippen LogP contribution in [0.2, 0.25) is 0 Å². The minimum atomic E-state index is 0.160. The lowest BCUT2D eigenvalue weighted by molar-refractivity contribution is 1.14. The smallest absolute Gasteiger partial charge is 0.176 e. The molecule has 0 radical (unpaired) electrons. The van der Waals surface area contributed by atoms with Crippen LogP contribution in [0.1, 0.15) is 6.92 Å². The van der Waals surface area contributed by atoms with E-state index in [9.17, 15) is 0 Å². The van der Waals surface area contributed by atoms with E-state index in [-0.39, 0.29) is 5.84 Å². The number of azo groups is 1. The number of allylic oxidation sites excluding steroid dienone is 5.